The maximum absolute atomic E-state index is 9.86. The minimum atomic E-state index is -0.166. The van der Waals surface area contributed by atoms with Gasteiger partial charge in [-0.2, -0.15) is 0 Å². The molecule has 0 bridgehead atoms. The molecule has 4 heteroatoms. The van der Waals surface area contributed by atoms with Crippen molar-refractivity contribution in [3.63, 3.8) is 0 Å². The van der Waals surface area contributed by atoms with Crippen LogP contribution >= 0.6 is 0 Å². The van der Waals surface area contributed by atoms with Crippen LogP contribution in [0.1, 0.15) is 42.5 Å². The van der Waals surface area contributed by atoms with Crippen molar-refractivity contribution < 1.29 is 5.11 Å². The van der Waals surface area contributed by atoms with Crippen molar-refractivity contribution in [2.45, 2.75) is 51.7 Å². The van der Waals surface area contributed by atoms with E-state index in [1.807, 2.05) is 6.20 Å². The molecule has 1 aliphatic carbocycles. The summed E-state index contributed by atoms with van der Waals surface area (Å²) in [6.45, 7) is 5.00. The van der Waals surface area contributed by atoms with Crippen molar-refractivity contribution in [3.8, 4) is 11.1 Å². The van der Waals surface area contributed by atoms with Gasteiger partial charge < -0.3 is 10.1 Å². The van der Waals surface area contributed by atoms with E-state index in [0.717, 1.165) is 50.5 Å². The van der Waals surface area contributed by atoms with Crippen LogP contribution in [-0.2, 0) is 13.0 Å². The molecule has 1 unspecified atom stereocenters. The molecular weight excluding hydrogens is 346 g/mol. The number of pyridine rings is 1. The van der Waals surface area contributed by atoms with E-state index in [4.69, 9.17) is 4.98 Å². The summed E-state index contributed by atoms with van der Waals surface area (Å²) in [5.74, 6) is 0.875. The predicted molar refractivity (Wildman–Crippen MR) is 113 cm³/mol. The summed E-state index contributed by atoms with van der Waals surface area (Å²) >= 11 is 0. The first kappa shape index (κ1) is 17.9. The summed E-state index contributed by atoms with van der Waals surface area (Å²) in [5, 5.41) is 11.1. The molecule has 1 saturated heterocycles. The SMILES string of the molecule is Cc1c(CC2CC2)[nH]c2ncc(-c3ccc(CN4CCCC(O)C4)cc3)cc12. The summed E-state index contributed by atoms with van der Waals surface area (Å²) in [6, 6.07) is 11.1. The molecule has 2 aromatic heterocycles. The molecule has 0 spiro atoms. The normalized spacial score (nSPS) is 20.7. The van der Waals surface area contributed by atoms with Crippen molar-refractivity contribution in [2.75, 3.05) is 13.1 Å². The Bertz CT molecular complexity index is 971. The molecule has 2 fully saturated rings. The Morgan fingerprint density at radius 3 is 2.71 bits per heavy atom. The number of nitrogens with one attached hydrogen (secondary N) is 1. The fourth-order valence-corrected chi connectivity index (χ4v) is 4.46. The first-order valence-corrected chi connectivity index (χ1v) is 10.6. The van der Waals surface area contributed by atoms with Crippen molar-refractivity contribution in [2.24, 2.45) is 5.92 Å². The molecule has 3 aromatic rings. The quantitative estimate of drug-likeness (QED) is 0.693. The maximum Gasteiger partial charge on any atom is 0.137 e. The highest BCUT2D eigenvalue weighted by Crippen LogP contribution is 2.35. The van der Waals surface area contributed by atoms with Gasteiger partial charge in [-0.1, -0.05) is 24.3 Å². The Morgan fingerprint density at radius 2 is 1.96 bits per heavy atom. The zero-order chi connectivity index (χ0) is 19.1. The number of benzene rings is 1. The molecule has 1 aliphatic heterocycles. The Balaban J connectivity index is 1.35. The largest absolute Gasteiger partial charge is 0.392 e. The fourth-order valence-electron chi connectivity index (χ4n) is 4.46. The van der Waals surface area contributed by atoms with Gasteiger partial charge in [-0.15, -0.1) is 0 Å². The number of aryl methyl sites for hydroxylation is 1. The van der Waals surface area contributed by atoms with Crippen molar-refractivity contribution >= 4 is 11.0 Å². The number of fused-ring (bicyclic) bond motifs is 1. The standard InChI is InChI=1S/C24H29N3O/c1-16-22-12-20(13-25-24(22)26-23(16)11-17-4-5-17)19-8-6-18(7-9-19)14-27-10-2-3-21(28)15-27/h6-9,12-13,17,21,28H,2-5,10-11,14-15H2,1H3,(H,25,26). The van der Waals surface area contributed by atoms with E-state index in [1.54, 1.807) is 0 Å². The number of hydrogen-bond acceptors (Lipinski definition) is 3. The zero-order valence-electron chi connectivity index (χ0n) is 16.6. The smallest absolute Gasteiger partial charge is 0.137 e. The van der Waals surface area contributed by atoms with Crippen molar-refractivity contribution in [3.05, 3.63) is 53.3 Å². The molecule has 1 atom stereocenters. The van der Waals surface area contributed by atoms with Crippen LogP contribution in [0.5, 0.6) is 0 Å². The van der Waals surface area contributed by atoms with E-state index in [0.29, 0.717) is 0 Å². The van der Waals surface area contributed by atoms with Gasteiger partial charge in [0.2, 0.25) is 0 Å². The van der Waals surface area contributed by atoms with E-state index in [2.05, 4.69) is 47.1 Å². The third-order valence-electron chi connectivity index (χ3n) is 6.38. The molecule has 3 heterocycles. The summed E-state index contributed by atoms with van der Waals surface area (Å²) < 4.78 is 0. The Kier molecular flexibility index (Phi) is 4.69. The number of aliphatic hydroxyl groups is 1. The number of rotatable bonds is 5. The Labute approximate surface area is 166 Å². The monoisotopic (exact) mass is 375 g/mol. The second-order valence-corrected chi connectivity index (χ2v) is 8.72. The number of aliphatic hydroxyl groups excluding tert-OH is 1. The number of H-pyrrole nitrogens is 1. The minimum absolute atomic E-state index is 0.166. The fraction of sp³-hybridized carbons (Fsp3) is 0.458. The van der Waals surface area contributed by atoms with Gasteiger partial charge in [-0.3, -0.25) is 4.90 Å². The molecular formula is C24H29N3O. The number of likely N-dealkylation sites (tertiary alicyclic amines) is 1. The number of aromatic nitrogens is 2. The van der Waals surface area contributed by atoms with E-state index in [-0.39, 0.29) is 6.10 Å². The van der Waals surface area contributed by atoms with Crippen molar-refractivity contribution in [1.82, 2.24) is 14.9 Å². The Morgan fingerprint density at radius 1 is 1.14 bits per heavy atom. The van der Waals surface area contributed by atoms with E-state index >= 15 is 0 Å². The lowest BCUT2D eigenvalue weighted by atomic mass is 10.0. The number of β-amino-alcohol motifs (C(OH)–C–C–N with tert-alkyl or cyclic N) is 1. The maximum atomic E-state index is 9.86. The predicted octanol–water partition coefficient (Wildman–Crippen LogP) is 4.45. The summed E-state index contributed by atoms with van der Waals surface area (Å²) in [7, 11) is 0. The van der Waals surface area contributed by atoms with Gasteiger partial charge in [0.05, 0.1) is 6.10 Å². The number of nitrogens with zero attached hydrogens (tertiary/aromatic N) is 2. The first-order valence-electron chi connectivity index (χ1n) is 10.6. The minimum Gasteiger partial charge on any atom is -0.392 e. The van der Waals surface area contributed by atoms with Crippen LogP contribution in [0.3, 0.4) is 0 Å². The first-order chi connectivity index (χ1) is 13.7. The van der Waals surface area contributed by atoms with E-state index in [1.165, 1.54) is 46.2 Å². The van der Waals surface area contributed by atoms with E-state index < -0.39 is 0 Å². The lowest BCUT2D eigenvalue weighted by Crippen LogP contribution is -2.37. The van der Waals surface area contributed by atoms with Crippen LogP contribution in [0.2, 0.25) is 0 Å². The molecule has 28 heavy (non-hydrogen) atoms. The molecule has 5 rings (SSSR count). The second kappa shape index (κ2) is 7.34. The van der Waals surface area contributed by atoms with Gasteiger partial charge in [0.25, 0.3) is 0 Å². The van der Waals surface area contributed by atoms with Gasteiger partial charge >= 0.3 is 0 Å². The van der Waals surface area contributed by atoms with Gasteiger partial charge in [0.1, 0.15) is 5.65 Å². The third kappa shape index (κ3) is 3.71. The zero-order valence-corrected chi connectivity index (χ0v) is 16.6. The lowest BCUT2D eigenvalue weighted by molar-refractivity contribution is 0.0668. The highest BCUT2D eigenvalue weighted by Gasteiger charge is 2.24. The number of hydrogen-bond donors (Lipinski definition) is 2. The van der Waals surface area contributed by atoms with Gasteiger partial charge in [-0.25, -0.2) is 4.98 Å². The molecule has 146 valence electrons. The number of piperidine rings is 1. The van der Waals surface area contributed by atoms with Crippen LogP contribution in [-0.4, -0.2) is 39.2 Å². The van der Waals surface area contributed by atoms with Gasteiger partial charge in [0, 0.05) is 35.9 Å². The van der Waals surface area contributed by atoms with Gasteiger partial charge in [-0.05, 0) is 74.2 Å². The molecule has 1 saturated carbocycles. The van der Waals surface area contributed by atoms with Crippen molar-refractivity contribution in [1.29, 1.82) is 0 Å². The molecule has 0 radical (unpaired) electrons. The average molecular weight is 376 g/mol. The topological polar surface area (TPSA) is 52.2 Å². The lowest BCUT2D eigenvalue weighted by Gasteiger charge is -2.29. The molecule has 0 amide bonds. The molecule has 4 nitrogen and oxygen atoms in total. The van der Waals surface area contributed by atoms with Crippen LogP contribution in [0.25, 0.3) is 22.2 Å². The summed E-state index contributed by atoms with van der Waals surface area (Å²) in [5.41, 5.74) is 7.42. The van der Waals surface area contributed by atoms with Crippen LogP contribution in [0, 0.1) is 12.8 Å². The highest BCUT2D eigenvalue weighted by molar-refractivity contribution is 5.85. The highest BCUT2D eigenvalue weighted by atomic mass is 16.3. The summed E-state index contributed by atoms with van der Waals surface area (Å²) in [6.07, 6.45) is 7.74. The Hall–Kier alpha value is -2.17. The number of aromatic amines is 1. The molecule has 1 aromatic carbocycles. The molecule has 2 N–H and O–H groups in total. The van der Waals surface area contributed by atoms with Gasteiger partial charge in [0.15, 0.2) is 0 Å². The van der Waals surface area contributed by atoms with Crippen LogP contribution in [0.15, 0.2) is 36.5 Å². The van der Waals surface area contributed by atoms with Crippen LogP contribution in [0.4, 0.5) is 0 Å². The summed E-state index contributed by atoms with van der Waals surface area (Å²) in [4.78, 5) is 10.6. The third-order valence-corrected chi connectivity index (χ3v) is 6.38. The average Bonchev–Trinajstić information content (AvgIpc) is 3.46. The van der Waals surface area contributed by atoms with Crippen LogP contribution < -0.4 is 0 Å². The molecule has 2 aliphatic rings. The second-order valence-electron chi connectivity index (χ2n) is 8.72. The van der Waals surface area contributed by atoms with E-state index in [9.17, 15) is 5.11 Å².